The van der Waals surface area contributed by atoms with Gasteiger partial charge in [-0.15, -0.1) is 22.7 Å². The summed E-state index contributed by atoms with van der Waals surface area (Å²) in [7, 11) is -4.29. The van der Waals surface area contributed by atoms with E-state index in [9.17, 15) is 13.0 Å². The van der Waals surface area contributed by atoms with Gasteiger partial charge >= 0.3 is 0 Å². The van der Waals surface area contributed by atoms with Gasteiger partial charge < -0.3 is 0 Å². The van der Waals surface area contributed by atoms with Crippen molar-refractivity contribution in [1.82, 2.24) is 9.97 Å². The second kappa shape index (κ2) is 5.07. The number of benzene rings is 2. The van der Waals surface area contributed by atoms with Gasteiger partial charge in [-0.25, -0.2) is 9.97 Å². The maximum atomic E-state index is 11.7. The molecule has 0 atom stereocenters. The molecule has 116 valence electrons. The van der Waals surface area contributed by atoms with Crippen LogP contribution < -0.4 is 0 Å². The quantitative estimate of drug-likeness (QED) is 0.542. The lowest BCUT2D eigenvalue weighted by molar-refractivity contribution is 0.484. The number of aromatic nitrogens is 2. The van der Waals surface area contributed by atoms with E-state index in [1.165, 1.54) is 11.3 Å². The molecule has 0 bridgehead atoms. The lowest BCUT2D eigenvalue weighted by Gasteiger charge is -2.02. The van der Waals surface area contributed by atoms with Crippen molar-refractivity contribution >= 4 is 53.2 Å². The molecule has 0 saturated heterocycles. The molecular weight excluding hydrogens is 352 g/mol. The predicted molar refractivity (Wildman–Crippen MR) is 92.8 cm³/mol. The van der Waals surface area contributed by atoms with Crippen LogP contribution in [0.3, 0.4) is 0 Å². The van der Waals surface area contributed by atoms with Crippen molar-refractivity contribution in [2.75, 3.05) is 0 Å². The van der Waals surface area contributed by atoms with E-state index in [0.29, 0.717) is 20.8 Å². The van der Waals surface area contributed by atoms with Crippen LogP contribution in [-0.4, -0.2) is 22.9 Å². The third kappa shape index (κ3) is 2.43. The Kier molecular flexibility index (Phi) is 3.24. The van der Waals surface area contributed by atoms with Gasteiger partial charge in [-0.2, -0.15) is 8.42 Å². The van der Waals surface area contributed by atoms with E-state index in [2.05, 4.69) is 9.97 Å². The first-order valence-corrected chi connectivity index (χ1v) is 9.78. The average Bonchev–Trinajstić information content (AvgIpc) is 3.10. The zero-order valence-corrected chi connectivity index (χ0v) is 14.3. The van der Waals surface area contributed by atoms with Gasteiger partial charge in [0.05, 0.1) is 25.9 Å². The summed E-state index contributed by atoms with van der Waals surface area (Å²) in [5, 5.41) is 0.714. The van der Waals surface area contributed by atoms with Gasteiger partial charge in [0.25, 0.3) is 10.1 Å². The van der Waals surface area contributed by atoms with Crippen molar-refractivity contribution < 1.29 is 13.0 Å². The highest BCUT2D eigenvalue weighted by Crippen LogP contribution is 2.36. The normalized spacial score (nSPS) is 12.3. The van der Waals surface area contributed by atoms with E-state index in [4.69, 9.17) is 0 Å². The lowest BCUT2D eigenvalue weighted by atomic mass is 10.2. The Bertz CT molecular complexity index is 1160. The van der Waals surface area contributed by atoms with Crippen molar-refractivity contribution in [1.29, 1.82) is 0 Å². The van der Waals surface area contributed by atoms with Crippen molar-refractivity contribution in [3.63, 3.8) is 0 Å². The molecule has 2 aromatic heterocycles. The second-order valence-electron chi connectivity index (χ2n) is 5.09. The minimum atomic E-state index is -4.29. The maximum Gasteiger partial charge on any atom is 0.296 e. The fourth-order valence-electron chi connectivity index (χ4n) is 2.50. The molecule has 1 N–H and O–H groups in total. The fourth-order valence-corrected chi connectivity index (χ4v) is 5.52. The lowest BCUT2D eigenvalue weighted by Crippen LogP contribution is -2.00. The summed E-state index contributed by atoms with van der Waals surface area (Å²) in [6.45, 7) is 1.66. The third-order valence-corrected chi connectivity index (χ3v) is 6.65. The smallest absolute Gasteiger partial charge is 0.282 e. The number of aryl methyl sites for hydroxylation is 1. The average molecular weight is 362 g/mol. The number of thiazole rings is 2. The summed E-state index contributed by atoms with van der Waals surface area (Å²) in [6.07, 6.45) is 0. The standard InChI is InChI=1S/C15H10N2O3S3/c1-8-2-4-11-13(14(8)23(18,19)20)22-15(17-11)9-3-5-10-12(6-9)21-7-16-10/h2-7H,1H3,(H,18,19,20). The molecular formula is C15H10N2O3S3. The van der Waals surface area contributed by atoms with E-state index in [1.54, 1.807) is 35.9 Å². The largest absolute Gasteiger partial charge is 0.296 e. The van der Waals surface area contributed by atoms with Crippen molar-refractivity contribution in [3.8, 4) is 10.6 Å². The highest BCUT2D eigenvalue weighted by atomic mass is 32.2. The number of hydrogen-bond donors (Lipinski definition) is 1. The van der Waals surface area contributed by atoms with E-state index in [0.717, 1.165) is 15.8 Å². The van der Waals surface area contributed by atoms with Crippen LogP contribution in [-0.2, 0) is 10.1 Å². The fraction of sp³-hybridized carbons (Fsp3) is 0.0667. The Balaban J connectivity index is 1.98. The van der Waals surface area contributed by atoms with E-state index in [-0.39, 0.29) is 4.90 Å². The molecule has 0 amide bonds. The molecule has 2 heterocycles. The Morgan fingerprint density at radius 3 is 2.70 bits per heavy atom. The van der Waals surface area contributed by atoms with E-state index < -0.39 is 10.1 Å². The number of hydrogen-bond acceptors (Lipinski definition) is 6. The van der Waals surface area contributed by atoms with E-state index in [1.807, 2.05) is 18.2 Å². The predicted octanol–water partition coefficient (Wildman–Crippen LogP) is 4.13. The summed E-state index contributed by atoms with van der Waals surface area (Å²) in [6, 6.07) is 9.25. The molecule has 0 fully saturated rings. The Morgan fingerprint density at radius 2 is 1.91 bits per heavy atom. The van der Waals surface area contributed by atoms with Crippen molar-refractivity contribution in [3.05, 3.63) is 41.4 Å². The summed E-state index contributed by atoms with van der Waals surface area (Å²) in [5.74, 6) is 0. The molecule has 0 radical (unpaired) electrons. The van der Waals surface area contributed by atoms with Crippen LogP contribution in [0.25, 0.3) is 31.0 Å². The Labute approximate surface area is 140 Å². The zero-order chi connectivity index (χ0) is 16.2. The minimum Gasteiger partial charge on any atom is -0.282 e. The SMILES string of the molecule is Cc1ccc2nc(-c3ccc4ncsc4c3)sc2c1S(=O)(=O)O. The first kappa shape index (κ1) is 14.7. The molecule has 23 heavy (non-hydrogen) atoms. The molecule has 0 aliphatic heterocycles. The van der Waals surface area contributed by atoms with Gasteiger partial charge in [0, 0.05) is 5.56 Å². The molecule has 5 nitrogen and oxygen atoms in total. The minimum absolute atomic E-state index is 0.0578. The molecule has 0 unspecified atom stereocenters. The first-order chi connectivity index (χ1) is 10.9. The van der Waals surface area contributed by atoms with Crippen LogP contribution in [0.1, 0.15) is 5.56 Å². The Hall–Kier alpha value is -1.87. The molecule has 2 aromatic carbocycles. The van der Waals surface area contributed by atoms with Crippen LogP contribution in [0.15, 0.2) is 40.7 Å². The van der Waals surface area contributed by atoms with Gasteiger partial charge in [0.2, 0.25) is 0 Å². The molecule has 0 spiro atoms. The second-order valence-corrected chi connectivity index (χ2v) is 8.33. The molecule has 0 aliphatic rings. The molecule has 8 heteroatoms. The number of fused-ring (bicyclic) bond motifs is 2. The van der Waals surface area contributed by atoms with Gasteiger partial charge in [-0.3, -0.25) is 4.55 Å². The number of rotatable bonds is 2. The third-order valence-electron chi connectivity index (χ3n) is 3.55. The van der Waals surface area contributed by atoms with Crippen LogP contribution in [0.5, 0.6) is 0 Å². The summed E-state index contributed by atoms with van der Waals surface area (Å²) in [5.41, 5.74) is 4.68. The zero-order valence-electron chi connectivity index (χ0n) is 11.8. The van der Waals surface area contributed by atoms with E-state index >= 15 is 0 Å². The van der Waals surface area contributed by atoms with Gasteiger partial charge in [-0.05, 0) is 36.8 Å². The monoisotopic (exact) mass is 362 g/mol. The summed E-state index contributed by atoms with van der Waals surface area (Å²) in [4.78, 5) is 8.70. The van der Waals surface area contributed by atoms with Crippen LogP contribution in [0, 0.1) is 6.92 Å². The van der Waals surface area contributed by atoms with Crippen molar-refractivity contribution in [2.24, 2.45) is 0 Å². The van der Waals surface area contributed by atoms with Crippen LogP contribution in [0.4, 0.5) is 0 Å². The molecule has 0 saturated carbocycles. The molecule has 4 aromatic rings. The van der Waals surface area contributed by atoms with Gasteiger partial charge in [0.15, 0.2) is 0 Å². The summed E-state index contributed by atoms with van der Waals surface area (Å²) >= 11 is 2.81. The molecule has 4 rings (SSSR count). The first-order valence-electron chi connectivity index (χ1n) is 6.65. The maximum absolute atomic E-state index is 11.7. The van der Waals surface area contributed by atoms with Crippen molar-refractivity contribution in [2.45, 2.75) is 11.8 Å². The Morgan fingerprint density at radius 1 is 1.13 bits per heavy atom. The van der Waals surface area contributed by atoms with Gasteiger partial charge in [-0.1, -0.05) is 6.07 Å². The van der Waals surface area contributed by atoms with Crippen LogP contribution >= 0.6 is 22.7 Å². The topological polar surface area (TPSA) is 80.2 Å². The highest BCUT2D eigenvalue weighted by molar-refractivity contribution is 7.86. The summed E-state index contributed by atoms with van der Waals surface area (Å²) < 4.78 is 34.4. The highest BCUT2D eigenvalue weighted by Gasteiger charge is 2.20. The van der Waals surface area contributed by atoms with Gasteiger partial charge in [0.1, 0.15) is 9.90 Å². The van der Waals surface area contributed by atoms with Crippen LogP contribution in [0.2, 0.25) is 0 Å². The number of nitrogens with zero attached hydrogens (tertiary/aromatic N) is 2. The molecule has 0 aliphatic carbocycles.